The fourth-order valence-electron chi connectivity index (χ4n) is 2.41. The van der Waals surface area contributed by atoms with Crippen LogP contribution in [0.15, 0.2) is 41.8 Å². The van der Waals surface area contributed by atoms with Gasteiger partial charge in [0, 0.05) is 16.2 Å². The molecule has 0 fully saturated rings. The molecule has 0 amide bonds. The second kappa shape index (κ2) is 6.27. The van der Waals surface area contributed by atoms with Crippen LogP contribution in [0.4, 0.5) is 0 Å². The van der Waals surface area contributed by atoms with Gasteiger partial charge in [-0.2, -0.15) is 0 Å². The first-order chi connectivity index (χ1) is 8.35. The van der Waals surface area contributed by atoms with Gasteiger partial charge in [0.15, 0.2) is 0 Å². The Kier molecular flexibility index (Phi) is 4.69. The predicted molar refractivity (Wildman–Crippen MR) is 76.7 cm³/mol. The Labute approximate surface area is 109 Å². The van der Waals surface area contributed by atoms with E-state index >= 15 is 0 Å². The van der Waals surface area contributed by atoms with Gasteiger partial charge in [-0.25, -0.2) is 0 Å². The van der Waals surface area contributed by atoms with E-state index in [2.05, 4.69) is 43.1 Å². The van der Waals surface area contributed by atoms with Crippen LogP contribution < -0.4 is 5.32 Å². The van der Waals surface area contributed by atoms with Crippen molar-refractivity contribution in [3.8, 4) is 0 Å². The molecule has 1 aliphatic heterocycles. The van der Waals surface area contributed by atoms with E-state index in [9.17, 15) is 0 Å². The van der Waals surface area contributed by atoms with Crippen molar-refractivity contribution in [3.05, 3.63) is 42.5 Å². The third kappa shape index (κ3) is 3.14. The third-order valence-electron chi connectivity index (χ3n) is 3.27. The van der Waals surface area contributed by atoms with E-state index in [-0.39, 0.29) is 0 Å². The summed E-state index contributed by atoms with van der Waals surface area (Å²) in [6.07, 6.45) is 5.53. The summed E-state index contributed by atoms with van der Waals surface area (Å²) < 4.78 is 0. The van der Waals surface area contributed by atoms with E-state index in [0.29, 0.717) is 11.3 Å². The first-order valence-electron chi connectivity index (χ1n) is 6.44. The quantitative estimate of drug-likeness (QED) is 0.770. The Morgan fingerprint density at radius 2 is 2.35 bits per heavy atom. The van der Waals surface area contributed by atoms with Crippen molar-refractivity contribution < 1.29 is 0 Å². The summed E-state index contributed by atoms with van der Waals surface area (Å²) >= 11 is 2.04. The molecule has 0 aliphatic carbocycles. The third-order valence-corrected chi connectivity index (χ3v) is 4.72. The Morgan fingerprint density at radius 3 is 3.06 bits per heavy atom. The van der Waals surface area contributed by atoms with E-state index < -0.39 is 0 Å². The number of hydrogen-bond donors (Lipinski definition) is 1. The van der Waals surface area contributed by atoms with Gasteiger partial charge in [-0.3, -0.25) is 0 Å². The van der Waals surface area contributed by atoms with Gasteiger partial charge in [-0.15, -0.1) is 18.3 Å². The van der Waals surface area contributed by atoms with Crippen molar-refractivity contribution in [3.63, 3.8) is 0 Å². The van der Waals surface area contributed by atoms with Crippen molar-refractivity contribution in [1.29, 1.82) is 0 Å². The van der Waals surface area contributed by atoms with Gasteiger partial charge in [0.25, 0.3) is 0 Å². The molecule has 1 heterocycles. The molecule has 0 bridgehead atoms. The standard InChI is InChI=1S/C15H21NS/c1-3-5-9-13(16-4-2)15-11-12-8-6-7-10-14(12)17-15/h3,6-8,10,13,15-16H,1,4-5,9,11H2,2H3. The van der Waals surface area contributed by atoms with Crippen LogP contribution in [0.3, 0.4) is 0 Å². The molecule has 1 aromatic carbocycles. The first-order valence-corrected chi connectivity index (χ1v) is 7.32. The van der Waals surface area contributed by atoms with Crippen LogP contribution in [-0.2, 0) is 6.42 Å². The SMILES string of the molecule is C=CCCC(NCC)C1Cc2ccccc2S1. The van der Waals surface area contributed by atoms with E-state index in [0.717, 1.165) is 13.0 Å². The maximum atomic E-state index is 3.82. The Hall–Kier alpha value is -0.730. The molecular formula is C15H21NS. The molecule has 92 valence electrons. The minimum atomic E-state index is 0.607. The number of thioether (sulfide) groups is 1. The molecule has 2 atom stereocenters. The van der Waals surface area contributed by atoms with Gasteiger partial charge < -0.3 is 5.32 Å². The highest BCUT2D eigenvalue weighted by Crippen LogP contribution is 2.39. The van der Waals surface area contributed by atoms with Gasteiger partial charge in [0.1, 0.15) is 0 Å². The lowest BCUT2D eigenvalue weighted by molar-refractivity contribution is 0.481. The van der Waals surface area contributed by atoms with Crippen LogP contribution in [0.1, 0.15) is 25.3 Å². The number of benzene rings is 1. The lowest BCUT2D eigenvalue weighted by Gasteiger charge is -2.23. The Morgan fingerprint density at radius 1 is 1.53 bits per heavy atom. The van der Waals surface area contributed by atoms with Crippen LogP contribution in [0.5, 0.6) is 0 Å². The van der Waals surface area contributed by atoms with Gasteiger partial charge in [0.2, 0.25) is 0 Å². The molecule has 1 nitrogen and oxygen atoms in total. The fourth-order valence-corrected chi connectivity index (χ4v) is 3.86. The fraction of sp³-hybridized carbons (Fsp3) is 0.467. The molecule has 0 spiro atoms. The number of nitrogens with one attached hydrogen (secondary N) is 1. The van der Waals surface area contributed by atoms with E-state index in [4.69, 9.17) is 0 Å². The summed E-state index contributed by atoms with van der Waals surface area (Å²) in [7, 11) is 0. The first kappa shape index (κ1) is 12.7. The average molecular weight is 247 g/mol. The number of allylic oxidation sites excluding steroid dienone is 1. The maximum Gasteiger partial charge on any atom is 0.0289 e. The molecule has 0 saturated heterocycles. The zero-order valence-electron chi connectivity index (χ0n) is 10.5. The number of hydrogen-bond acceptors (Lipinski definition) is 2. The van der Waals surface area contributed by atoms with Gasteiger partial charge in [-0.05, 0) is 37.4 Å². The lowest BCUT2D eigenvalue weighted by Crippen LogP contribution is -2.37. The van der Waals surface area contributed by atoms with Gasteiger partial charge in [0.05, 0.1) is 0 Å². The molecule has 2 unspecified atom stereocenters. The minimum Gasteiger partial charge on any atom is -0.313 e. The molecule has 17 heavy (non-hydrogen) atoms. The molecule has 2 heteroatoms. The summed E-state index contributed by atoms with van der Waals surface area (Å²) in [5, 5.41) is 4.31. The molecule has 1 N–H and O–H groups in total. The largest absolute Gasteiger partial charge is 0.313 e. The van der Waals surface area contributed by atoms with Crippen LogP contribution in [0, 0.1) is 0 Å². The molecule has 0 saturated carbocycles. The molecule has 2 rings (SSSR count). The summed E-state index contributed by atoms with van der Waals surface area (Å²) in [4.78, 5) is 1.47. The maximum absolute atomic E-state index is 3.82. The number of fused-ring (bicyclic) bond motifs is 1. The highest BCUT2D eigenvalue weighted by atomic mass is 32.2. The molecule has 0 radical (unpaired) electrons. The monoisotopic (exact) mass is 247 g/mol. The van der Waals surface area contributed by atoms with Crippen LogP contribution in [-0.4, -0.2) is 17.8 Å². The summed E-state index contributed by atoms with van der Waals surface area (Å²) in [5.74, 6) is 0. The highest BCUT2D eigenvalue weighted by molar-refractivity contribution is 8.00. The van der Waals surface area contributed by atoms with E-state index in [1.807, 2.05) is 17.8 Å². The predicted octanol–water partition coefficient (Wildman–Crippen LogP) is 3.65. The van der Waals surface area contributed by atoms with Crippen molar-refractivity contribution in [2.24, 2.45) is 0 Å². The van der Waals surface area contributed by atoms with Gasteiger partial charge >= 0.3 is 0 Å². The van der Waals surface area contributed by atoms with Crippen molar-refractivity contribution >= 4 is 11.8 Å². The molecule has 0 aromatic heterocycles. The summed E-state index contributed by atoms with van der Waals surface area (Å²) in [6, 6.07) is 9.40. The molecule has 1 aliphatic rings. The van der Waals surface area contributed by atoms with Crippen molar-refractivity contribution in [2.75, 3.05) is 6.54 Å². The Balaban J connectivity index is 2.00. The summed E-state index contributed by atoms with van der Waals surface area (Å²) in [5.41, 5.74) is 1.52. The second-order valence-electron chi connectivity index (χ2n) is 4.50. The zero-order chi connectivity index (χ0) is 12.1. The smallest absolute Gasteiger partial charge is 0.0289 e. The van der Waals surface area contributed by atoms with Crippen LogP contribution in [0.2, 0.25) is 0 Å². The van der Waals surface area contributed by atoms with Crippen molar-refractivity contribution in [1.82, 2.24) is 5.32 Å². The van der Waals surface area contributed by atoms with Crippen LogP contribution >= 0.6 is 11.8 Å². The average Bonchev–Trinajstić information content (AvgIpc) is 2.78. The normalized spacial score (nSPS) is 19.9. The lowest BCUT2D eigenvalue weighted by atomic mass is 10.0. The second-order valence-corrected chi connectivity index (χ2v) is 5.78. The summed E-state index contributed by atoms with van der Waals surface area (Å²) in [6.45, 7) is 7.06. The van der Waals surface area contributed by atoms with E-state index in [1.165, 1.54) is 23.3 Å². The molecular weight excluding hydrogens is 226 g/mol. The van der Waals surface area contributed by atoms with Crippen molar-refractivity contribution in [2.45, 2.75) is 42.4 Å². The highest BCUT2D eigenvalue weighted by Gasteiger charge is 2.28. The number of rotatable bonds is 6. The van der Waals surface area contributed by atoms with Gasteiger partial charge in [-0.1, -0.05) is 31.2 Å². The Bertz CT molecular complexity index is 350. The molecule has 1 aromatic rings. The van der Waals surface area contributed by atoms with E-state index in [1.54, 1.807) is 0 Å². The topological polar surface area (TPSA) is 12.0 Å². The zero-order valence-corrected chi connectivity index (χ0v) is 11.3. The minimum absolute atomic E-state index is 0.607. The van der Waals surface area contributed by atoms with Crippen LogP contribution in [0.25, 0.3) is 0 Å².